The Kier molecular flexibility index (Phi) is 6.93. The Labute approximate surface area is 132 Å². The van der Waals surface area contributed by atoms with E-state index in [1.807, 2.05) is 13.0 Å². The van der Waals surface area contributed by atoms with Crippen molar-refractivity contribution in [3.05, 3.63) is 28.8 Å². The lowest BCUT2D eigenvalue weighted by atomic mass is 10.2. The van der Waals surface area contributed by atoms with Crippen molar-refractivity contribution in [2.45, 2.75) is 33.2 Å². The standard InChI is InChI=1S/C14H24ClN3O2S/c1-11(2)16-8-5-9-18(4)21(19,20)17-14-7-6-12(3)10-13(14)15/h6-7,10-11,16-17H,5,8-9H2,1-4H3. The Morgan fingerprint density at radius 1 is 1.33 bits per heavy atom. The van der Waals surface area contributed by atoms with Crippen molar-refractivity contribution >= 4 is 27.5 Å². The van der Waals surface area contributed by atoms with Gasteiger partial charge in [-0.2, -0.15) is 12.7 Å². The average Bonchev–Trinajstić information content (AvgIpc) is 2.37. The molecule has 0 atom stereocenters. The van der Waals surface area contributed by atoms with Crippen molar-refractivity contribution in [2.75, 3.05) is 24.9 Å². The summed E-state index contributed by atoms with van der Waals surface area (Å²) in [7, 11) is -2.02. The van der Waals surface area contributed by atoms with Crippen LogP contribution in [0.4, 0.5) is 5.69 Å². The van der Waals surface area contributed by atoms with Crippen LogP contribution in [0.2, 0.25) is 5.02 Å². The van der Waals surface area contributed by atoms with E-state index in [2.05, 4.69) is 23.9 Å². The minimum atomic E-state index is -3.58. The lowest BCUT2D eigenvalue weighted by Crippen LogP contribution is -2.35. The summed E-state index contributed by atoms with van der Waals surface area (Å²) in [6.07, 6.45) is 0.747. The first kappa shape index (κ1) is 18.2. The van der Waals surface area contributed by atoms with Crippen LogP contribution in [0.25, 0.3) is 0 Å². The summed E-state index contributed by atoms with van der Waals surface area (Å²) >= 11 is 6.05. The molecule has 0 fully saturated rings. The number of hydrogen-bond acceptors (Lipinski definition) is 3. The number of rotatable bonds is 8. The Morgan fingerprint density at radius 3 is 2.57 bits per heavy atom. The second-order valence-corrected chi connectivity index (χ2v) is 7.56. The van der Waals surface area contributed by atoms with E-state index in [9.17, 15) is 8.42 Å². The summed E-state index contributed by atoms with van der Waals surface area (Å²) in [6.45, 7) is 7.24. The molecule has 0 aliphatic heterocycles. The molecule has 0 aliphatic carbocycles. The smallest absolute Gasteiger partial charge is 0.301 e. The van der Waals surface area contributed by atoms with Crippen LogP contribution in [0.5, 0.6) is 0 Å². The molecule has 2 N–H and O–H groups in total. The van der Waals surface area contributed by atoms with Gasteiger partial charge in [-0.25, -0.2) is 0 Å². The van der Waals surface area contributed by atoms with E-state index in [-0.39, 0.29) is 0 Å². The van der Waals surface area contributed by atoms with Gasteiger partial charge < -0.3 is 5.32 Å². The number of halogens is 1. The minimum Gasteiger partial charge on any atom is -0.314 e. The second kappa shape index (κ2) is 7.98. The molecule has 0 unspecified atom stereocenters. The van der Waals surface area contributed by atoms with Crippen molar-refractivity contribution < 1.29 is 8.42 Å². The fourth-order valence-corrected chi connectivity index (χ4v) is 3.05. The van der Waals surface area contributed by atoms with Crippen molar-refractivity contribution in [1.82, 2.24) is 9.62 Å². The topological polar surface area (TPSA) is 61.4 Å². The summed E-state index contributed by atoms with van der Waals surface area (Å²) in [4.78, 5) is 0. The molecule has 0 radical (unpaired) electrons. The first-order valence-corrected chi connectivity index (χ1v) is 8.78. The highest BCUT2D eigenvalue weighted by molar-refractivity contribution is 7.90. The molecule has 1 rings (SSSR count). The van der Waals surface area contributed by atoms with Gasteiger partial charge in [-0.15, -0.1) is 0 Å². The molecule has 7 heteroatoms. The van der Waals surface area contributed by atoms with Crippen LogP contribution in [0, 0.1) is 6.92 Å². The van der Waals surface area contributed by atoms with Crippen molar-refractivity contribution in [2.24, 2.45) is 0 Å². The summed E-state index contributed by atoms with van der Waals surface area (Å²) in [6, 6.07) is 5.61. The third-order valence-corrected chi connectivity index (χ3v) is 4.77. The van der Waals surface area contributed by atoms with Gasteiger partial charge in [0.1, 0.15) is 0 Å². The molecular weight excluding hydrogens is 310 g/mol. The highest BCUT2D eigenvalue weighted by atomic mass is 35.5. The molecule has 0 aromatic heterocycles. The van der Waals surface area contributed by atoms with Crippen molar-refractivity contribution in [1.29, 1.82) is 0 Å². The molecule has 0 amide bonds. The second-order valence-electron chi connectivity index (χ2n) is 5.37. The predicted octanol–water partition coefficient (Wildman–Crippen LogP) is 2.63. The van der Waals surface area contributed by atoms with Crippen LogP contribution >= 0.6 is 11.6 Å². The largest absolute Gasteiger partial charge is 0.314 e. The van der Waals surface area contributed by atoms with Crippen molar-refractivity contribution in [3.63, 3.8) is 0 Å². The number of aryl methyl sites for hydroxylation is 1. The van der Waals surface area contributed by atoms with Gasteiger partial charge in [0.15, 0.2) is 0 Å². The maximum absolute atomic E-state index is 12.2. The molecule has 120 valence electrons. The summed E-state index contributed by atoms with van der Waals surface area (Å²) in [5.41, 5.74) is 1.38. The minimum absolute atomic E-state index is 0.397. The van der Waals surface area contributed by atoms with Gasteiger partial charge >= 0.3 is 10.2 Å². The Bertz CT molecular complexity index is 561. The zero-order valence-electron chi connectivity index (χ0n) is 13.0. The van der Waals surface area contributed by atoms with Gasteiger partial charge in [0, 0.05) is 19.6 Å². The van der Waals surface area contributed by atoms with Gasteiger partial charge in [-0.1, -0.05) is 31.5 Å². The monoisotopic (exact) mass is 333 g/mol. The zero-order valence-corrected chi connectivity index (χ0v) is 14.6. The molecule has 0 saturated carbocycles. The number of nitrogens with one attached hydrogen (secondary N) is 2. The molecule has 21 heavy (non-hydrogen) atoms. The van der Waals surface area contributed by atoms with E-state index < -0.39 is 10.2 Å². The fraction of sp³-hybridized carbons (Fsp3) is 0.571. The normalized spacial score (nSPS) is 12.1. The first-order valence-electron chi connectivity index (χ1n) is 6.96. The maximum Gasteiger partial charge on any atom is 0.301 e. The van der Waals surface area contributed by atoms with Crippen LogP contribution in [0.1, 0.15) is 25.8 Å². The Hall–Kier alpha value is -0.820. The molecular formula is C14H24ClN3O2S. The summed E-state index contributed by atoms with van der Waals surface area (Å²) in [5, 5.41) is 3.65. The number of hydrogen-bond donors (Lipinski definition) is 2. The van der Waals surface area contributed by atoms with E-state index in [0.29, 0.717) is 23.3 Å². The summed E-state index contributed by atoms with van der Waals surface area (Å²) in [5.74, 6) is 0. The van der Waals surface area contributed by atoms with Gasteiger partial charge in [0.05, 0.1) is 10.7 Å². The van der Waals surface area contributed by atoms with Crippen LogP contribution in [0.3, 0.4) is 0 Å². The number of benzene rings is 1. The van der Waals surface area contributed by atoms with Crippen molar-refractivity contribution in [3.8, 4) is 0 Å². The van der Waals surface area contributed by atoms with Crippen LogP contribution in [0.15, 0.2) is 18.2 Å². The number of nitrogens with zero attached hydrogens (tertiary/aromatic N) is 1. The molecule has 0 heterocycles. The Morgan fingerprint density at radius 2 is 2.00 bits per heavy atom. The Balaban J connectivity index is 2.59. The first-order chi connectivity index (χ1) is 9.72. The third kappa shape index (κ3) is 6.22. The van der Waals surface area contributed by atoms with Crippen LogP contribution in [-0.4, -0.2) is 38.9 Å². The third-order valence-electron chi connectivity index (χ3n) is 2.98. The molecule has 1 aromatic rings. The molecule has 0 bridgehead atoms. The van der Waals surface area contributed by atoms with E-state index in [0.717, 1.165) is 18.5 Å². The van der Waals surface area contributed by atoms with Crippen LogP contribution < -0.4 is 10.0 Å². The van der Waals surface area contributed by atoms with E-state index >= 15 is 0 Å². The van der Waals surface area contributed by atoms with E-state index in [1.165, 1.54) is 4.31 Å². The summed E-state index contributed by atoms with van der Waals surface area (Å²) < 4.78 is 28.2. The molecule has 5 nitrogen and oxygen atoms in total. The molecule has 0 spiro atoms. The lowest BCUT2D eigenvalue weighted by molar-refractivity contribution is 0.451. The highest BCUT2D eigenvalue weighted by Crippen LogP contribution is 2.24. The molecule has 0 aliphatic rings. The highest BCUT2D eigenvalue weighted by Gasteiger charge is 2.18. The van der Waals surface area contributed by atoms with Gasteiger partial charge in [-0.3, -0.25) is 4.72 Å². The lowest BCUT2D eigenvalue weighted by Gasteiger charge is -2.19. The fourth-order valence-electron chi connectivity index (χ4n) is 1.73. The molecule has 1 aromatic carbocycles. The quantitative estimate of drug-likeness (QED) is 0.719. The predicted molar refractivity (Wildman–Crippen MR) is 89.1 cm³/mol. The SMILES string of the molecule is Cc1ccc(NS(=O)(=O)N(C)CCCNC(C)C)c(Cl)c1. The molecule has 0 saturated heterocycles. The van der Waals surface area contributed by atoms with E-state index in [4.69, 9.17) is 11.6 Å². The maximum atomic E-state index is 12.2. The average molecular weight is 334 g/mol. The van der Waals surface area contributed by atoms with Gasteiger partial charge in [0.2, 0.25) is 0 Å². The van der Waals surface area contributed by atoms with Gasteiger partial charge in [0.25, 0.3) is 0 Å². The number of anilines is 1. The van der Waals surface area contributed by atoms with E-state index in [1.54, 1.807) is 19.2 Å². The van der Waals surface area contributed by atoms with Crippen LogP contribution in [-0.2, 0) is 10.2 Å². The van der Waals surface area contributed by atoms with Gasteiger partial charge in [-0.05, 0) is 37.6 Å². The zero-order chi connectivity index (χ0) is 16.0.